The van der Waals surface area contributed by atoms with Crippen LogP contribution in [0.25, 0.3) is 0 Å². The number of rotatable bonds is 9. The molecule has 2 N–H and O–H groups in total. The van der Waals surface area contributed by atoms with Gasteiger partial charge in [0.2, 0.25) is 0 Å². The molecule has 0 saturated carbocycles. The molecule has 4 heteroatoms. The Morgan fingerprint density at radius 3 is 2.58 bits per heavy atom. The lowest BCUT2D eigenvalue weighted by atomic mass is 10.1. The van der Waals surface area contributed by atoms with E-state index in [0.29, 0.717) is 6.04 Å². The minimum absolute atomic E-state index is 0.544. The van der Waals surface area contributed by atoms with Crippen LogP contribution in [0, 0.1) is 13.8 Å². The first kappa shape index (κ1) is 16.2. The molecule has 0 aromatic carbocycles. The number of aromatic nitrogens is 2. The van der Waals surface area contributed by atoms with Crippen molar-refractivity contribution in [3.63, 3.8) is 0 Å². The third-order valence-electron chi connectivity index (χ3n) is 3.63. The van der Waals surface area contributed by atoms with Gasteiger partial charge in [0.1, 0.15) is 0 Å². The Kier molecular flexibility index (Phi) is 7.10. The van der Waals surface area contributed by atoms with Gasteiger partial charge in [-0.15, -0.1) is 0 Å². The van der Waals surface area contributed by atoms with E-state index in [9.17, 15) is 0 Å². The Labute approximate surface area is 118 Å². The van der Waals surface area contributed by atoms with Crippen molar-refractivity contribution in [1.29, 1.82) is 0 Å². The van der Waals surface area contributed by atoms with Crippen LogP contribution in [0.3, 0.4) is 0 Å². The van der Waals surface area contributed by atoms with Crippen LogP contribution in [0.1, 0.15) is 43.6 Å². The van der Waals surface area contributed by atoms with Crippen molar-refractivity contribution in [3.8, 4) is 0 Å². The Morgan fingerprint density at radius 1 is 1.26 bits per heavy atom. The lowest BCUT2D eigenvalue weighted by Crippen LogP contribution is -2.37. The molecule has 0 bridgehead atoms. The van der Waals surface area contributed by atoms with E-state index in [2.05, 4.69) is 43.4 Å². The molecule has 0 spiro atoms. The molecule has 0 aliphatic heterocycles. The van der Waals surface area contributed by atoms with Gasteiger partial charge in [0.05, 0.1) is 5.69 Å². The van der Waals surface area contributed by atoms with Gasteiger partial charge in [-0.3, -0.25) is 4.68 Å². The van der Waals surface area contributed by atoms with Gasteiger partial charge in [0.25, 0.3) is 0 Å². The molecule has 0 fully saturated rings. The molecule has 0 aliphatic carbocycles. The molecule has 1 rings (SSSR count). The van der Waals surface area contributed by atoms with Crippen molar-refractivity contribution in [2.24, 2.45) is 7.05 Å². The highest BCUT2D eigenvalue weighted by Crippen LogP contribution is 2.13. The molecule has 1 aromatic heterocycles. The van der Waals surface area contributed by atoms with Crippen LogP contribution >= 0.6 is 0 Å². The zero-order valence-electron chi connectivity index (χ0n) is 13.2. The molecular formula is C15H30N4. The first-order valence-electron chi connectivity index (χ1n) is 7.49. The summed E-state index contributed by atoms with van der Waals surface area (Å²) in [5.41, 5.74) is 3.90. The van der Waals surface area contributed by atoms with Crippen molar-refractivity contribution in [3.05, 3.63) is 17.0 Å². The molecule has 4 nitrogen and oxygen atoms in total. The fourth-order valence-electron chi connectivity index (χ4n) is 2.36. The van der Waals surface area contributed by atoms with E-state index < -0.39 is 0 Å². The van der Waals surface area contributed by atoms with Crippen LogP contribution < -0.4 is 10.6 Å². The minimum atomic E-state index is 0.544. The van der Waals surface area contributed by atoms with Crippen molar-refractivity contribution in [2.75, 3.05) is 19.6 Å². The van der Waals surface area contributed by atoms with E-state index in [-0.39, 0.29) is 0 Å². The van der Waals surface area contributed by atoms with Gasteiger partial charge < -0.3 is 10.6 Å². The van der Waals surface area contributed by atoms with Crippen molar-refractivity contribution in [2.45, 2.75) is 53.0 Å². The standard InChI is InChI=1S/C15H30N4/c1-6-9-16-11-12(2)17-10-7-8-15-13(3)18-19(5)14(15)4/h12,16-17H,6-11H2,1-5H3. The molecule has 1 atom stereocenters. The number of hydrogen-bond donors (Lipinski definition) is 2. The Bertz CT molecular complexity index is 370. The van der Waals surface area contributed by atoms with Crippen molar-refractivity contribution < 1.29 is 0 Å². The second-order valence-corrected chi connectivity index (χ2v) is 5.44. The number of hydrogen-bond acceptors (Lipinski definition) is 3. The molecule has 19 heavy (non-hydrogen) atoms. The number of nitrogens with one attached hydrogen (secondary N) is 2. The maximum atomic E-state index is 4.46. The van der Waals surface area contributed by atoms with E-state index in [1.807, 2.05) is 11.7 Å². The first-order valence-corrected chi connectivity index (χ1v) is 7.49. The van der Waals surface area contributed by atoms with Gasteiger partial charge in [0, 0.05) is 25.3 Å². The highest BCUT2D eigenvalue weighted by atomic mass is 15.3. The van der Waals surface area contributed by atoms with E-state index in [0.717, 1.165) is 26.1 Å². The summed E-state index contributed by atoms with van der Waals surface area (Å²) in [6.45, 7) is 11.9. The van der Waals surface area contributed by atoms with Gasteiger partial charge >= 0.3 is 0 Å². The van der Waals surface area contributed by atoms with Crippen molar-refractivity contribution in [1.82, 2.24) is 20.4 Å². The quantitative estimate of drug-likeness (QED) is 0.671. The molecule has 0 radical (unpaired) electrons. The van der Waals surface area contributed by atoms with E-state index >= 15 is 0 Å². The molecule has 1 aromatic rings. The van der Waals surface area contributed by atoms with Gasteiger partial charge in [0.15, 0.2) is 0 Å². The van der Waals surface area contributed by atoms with Crippen LogP contribution in [-0.4, -0.2) is 35.5 Å². The maximum absolute atomic E-state index is 4.46. The summed E-state index contributed by atoms with van der Waals surface area (Å²) in [6.07, 6.45) is 3.49. The highest BCUT2D eigenvalue weighted by molar-refractivity contribution is 5.24. The third kappa shape index (κ3) is 5.33. The Morgan fingerprint density at radius 2 is 2.00 bits per heavy atom. The van der Waals surface area contributed by atoms with Gasteiger partial charge in [-0.25, -0.2) is 0 Å². The predicted molar refractivity (Wildman–Crippen MR) is 81.6 cm³/mol. The molecular weight excluding hydrogens is 236 g/mol. The maximum Gasteiger partial charge on any atom is 0.0628 e. The molecule has 0 aliphatic rings. The average molecular weight is 266 g/mol. The molecule has 1 unspecified atom stereocenters. The second-order valence-electron chi connectivity index (χ2n) is 5.44. The van der Waals surface area contributed by atoms with E-state index in [1.54, 1.807) is 0 Å². The number of nitrogens with zero attached hydrogens (tertiary/aromatic N) is 2. The Hall–Kier alpha value is -0.870. The Balaban J connectivity index is 2.20. The lowest BCUT2D eigenvalue weighted by Gasteiger charge is -2.14. The van der Waals surface area contributed by atoms with Crippen LogP contribution in [0.4, 0.5) is 0 Å². The van der Waals surface area contributed by atoms with Crippen LogP contribution in [0.2, 0.25) is 0 Å². The van der Waals surface area contributed by atoms with Gasteiger partial charge in [-0.1, -0.05) is 6.92 Å². The fraction of sp³-hybridized carbons (Fsp3) is 0.800. The minimum Gasteiger partial charge on any atom is -0.315 e. The summed E-state index contributed by atoms with van der Waals surface area (Å²) < 4.78 is 1.98. The topological polar surface area (TPSA) is 41.9 Å². The molecule has 110 valence electrons. The van der Waals surface area contributed by atoms with Crippen LogP contribution in [0.15, 0.2) is 0 Å². The molecule has 1 heterocycles. The smallest absolute Gasteiger partial charge is 0.0628 e. The van der Waals surface area contributed by atoms with E-state index in [4.69, 9.17) is 0 Å². The summed E-state index contributed by atoms with van der Waals surface area (Å²) in [4.78, 5) is 0. The lowest BCUT2D eigenvalue weighted by molar-refractivity contribution is 0.495. The molecule has 0 saturated heterocycles. The average Bonchev–Trinajstić information content (AvgIpc) is 2.60. The normalized spacial score (nSPS) is 12.9. The van der Waals surface area contributed by atoms with E-state index in [1.165, 1.54) is 29.8 Å². The monoisotopic (exact) mass is 266 g/mol. The summed E-state index contributed by atoms with van der Waals surface area (Å²) in [7, 11) is 2.02. The van der Waals surface area contributed by atoms with Crippen LogP contribution in [-0.2, 0) is 13.5 Å². The summed E-state index contributed by atoms with van der Waals surface area (Å²) >= 11 is 0. The third-order valence-corrected chi connectivity index (χ3v) is 3.63. The zero-order chi connectivity index (χ0) is 14.3. The molecule has 0 amide bonds. The zero-order valence-corrected chi connectivity index (χ0v) is 13.2. The summed E-state index contributed by atoms with van der Waals surface area (Å²) in [5, 5.41) is 11.5. The SMILES string of the molecule is CCCNCC(C)NCCCc1c(C)nn(C)c1C. The first-order chi connectivity index (χ1) is 9.06. The van der Waals surface area contributed by atoms with Gasteiger partial charge in [-0.05, 0) is 58.7 Å². The summed E-state index contributed by atoms with van der Waals surface area (Å²) in [6, 6.07) is 0.544. The summed E-state index contributed by atoms with van der Waals surface area (Å²) in [5.74, 6) is 0. The van der Waals surface area contributed by atoms with Gasteiger partial charge in [-0.2, -0.15) is 5.10 Å². The second kappa shape index (κ2) is 8.33. The highest BCUT2D eigenvalue weighted by Gasteiger charge is 2.08. The van der Waals surface area contributed by atoms with Crippen LogP contribution in [0.5, 0.6) is 0 Å². The number of aryl methyl sites for hydroxylation is 2. The fourth-order valence-corrected chi connectivity index (χ4v) is 2.36. The largest absolute Gasteiger partial charge is 0.315 e. The van der Waals surface area contributed by atoms with Crippen molar-refractivity contribution >= 4 is 0 Å². The predicted octanol–water partition coefficient (Wildman–Crippen LogP) is 1.95.